The first-order valence-electron chi connectivity index (χ1n) is 5.91. The number of carbonyl (C=O) groups is 3. The van der Waals surface area contributed by atoms with E-state index in [1.54, 1.807) is 4.57 Å². The number of aromatic nitrogens is 2. The molecule has 0 saturated heterocycles. The zero-order valence-corrected chi connectivity index (χ0v) is 10.7. The van der Waals surface area contributed by atoms with Crippen molar-refractivity contribution in [2.24, 2.45) is 5.73 Å². The average molecular weight is 284 g/mol. The van der Waals surface area contributed by atoms with Gasteiger partial charge < -0.3 is 25.8 Å². The lowest BCUT2D eigenvalue weighted by Gasteiger charge is -2.12. The fraction of sp³-hybridized carbons (Fsp3) is 0.455. The Kier molecular flexibility index (Phi) is 5.66. The first-order valence-corrected chi connectivity index (χ1v) is 5.91. The van der Waals surface area contributed by atoms with Gasteiger partial charge >= 0.3 is 11.9 Å². The van der Waals surface area contributed by atoms with Crippen LogP contribution in [0.15, 0.2) is 12.5 Å². The second-order valence-corrected chi connectivity index (χ2v) is 4.08. The van der Waals surface area contributed by atoms with Crippen LogP contribution in [0.1, 0.15) is 23.3 Å². The van der Waals surface area contributed by atoms with E-state index < -0.39 is 23.9 Å². The summed E-state index contributed by atoms with van der Waals surface area (Å²) < 4.78 is 1.60. The van der Waals surface area contributed by atoms with Crippen molar-refractivity contribution in [3.63, 3.8) is 0 Å². The smallest absolute Gasteiger partial charge is 0.326 e. The minimum atomic E-state index is -1.29. The molecule has 0 aliphatic carbocycles. The fourth-order valence-electron chi connectivity index (χ4n) is 1.51. The van der Waals surface area contributed by atoms with Gasteiger partial charge in [0.15, 0.2) is 0 Å². The van der Waals surface area contributed by atoms with Crippen LogP contribution in [0.4, 0.5) is 0 Å². The second-order valence-electron chi connectivity index (χ2n) is 4.08. The predicted molar refractivity (Wildman–Crippen MR) is 67.0 cm³/mol. The van der Waals surface area contributed by atoms with Crippen molar-refractivity contribution < 1.29 is 24.6 Å². The molecule has 110 valence electrons. The molecule has 1 amide bonds. The van der Waals surface area contributed by atoms with Crippen molar-refractivity contribution in [1.29, 1.82) is 0 Å². The molecule has 0 spiro atoms. The standard InChI is InChI=1S/C11H16N4O5/c12-3-4-15-5-8(13-6-15)10(18)14-7(11(19)20)1-2-9(16)17/h5-7H,1-4,12H2,(H,14,18)(H,16,17)(H,19,20)/t7-/m0/s1. The first-order chi connectivity index (χ1) is 9.43. The van der Waals surface area contributed by atoms with Gasteiger partial charge in [0.25, 0.3) is 5.91 Å². The summed E-state index contributed by atoms with van der Waals surface area (Å²) >= 11 is 0. The summed E-state index contributed by atoms with van der Waals surface area (Å²) in [6.07, 6.45) is 2.31. The third kappa shape index (κ3) is 4.69. The van der Waals surface area contributed by atoms with E-state index in [1.807, 2.05) is 0 Å². The zero-order valence-electron chi connectivity index (χ0n) is 10.7. The van der Waals surface area contributed by atoms with Gasteiger partial charge in [0.1, 0.15) is 11.7 Å². The minimum Gasteiger partial charge on any atom is -0.481 e. The lowest BCUT2D eigenvalue weighted by atomic mass is 10.1. The second kappa shape index (κ2) is 7.24. The highest BCUT2D eigenvalue weighted by Gasteiger charge is 2.22. The maximum atomic E-state index is 11.8. The van der Waals surface area contributed by atoms with Crippen LogP contribution in [-0.2, 0) is 16.1 Å². The molecular formula is C11H16N4O5. The van der Waals surface area contributed by atoms with Crippen LogP contribution in [0.3, 0.4) is 0 Å². The Morgan fingerprint density at radius 1 is 1.40 bits per heavy atom. The van der Waals surface area contributed by atoms with E-state index in [0.717, 1.165) is 0 Å². The summed E-state index contributed by atoms with van der Waals surface area (Å²) in [4.78, 5) is 37.0. The van der Waals surface area contributed by atoms with Crippen molar-refractivity contribution in [1.82, 2.24) is 14.9 Å². The zero-order chi connectivity index (χ0) is 15.1. The number of amides is 1. The van der Waals surface area contributed by atoms with Crippen LogP contribution < -0.4 is 11.1 Å². The molecule has 0 bridgehead atoms. The normalized spacial score (nSPS) is 11.8. The van der Waals surface area contributed by atoms with Crippen LogP contribution in [0.2, 0.25) is 0 Å². The summed E-state index contributed by atoms with van der Waals surface area (Å²) in [5.41, 5.74) is 5.41. The number of imidazole rings is 1. The Morgan fingerprint density at radius 2 is 2.10 bits per heavy atom. The minimum absolute atomic E-state index is 0.0556. The van der Waals surface area contributed by atoms with Gasteiger partial charge in [-0.15, -0.1) is 0 Å². The number of aliphatic carboxylic acids is 2. The number of hydrogen-bond donors (Lipinski definition) is 4. The Labute approximate surface area is 114 Å². The number of carboxylic acids is 2. The SMILES string of the molecule is NCCn1cnc(C(=O)N[C@@H](CCC(=O)O)C(=O)O)c1. The van der Waals surface area contributed by atoms with Crippen LogP contribution in [-0.4, -0.2) is 50.2 Å². The molecule has 1 heterocycles. The molecule has 9 nitrogen and oxygen atoms in total. The molecule has 1 rings (SSSR count). The molecule has 1 aromatic rings. The molecule has 0 fully saturated rings. The number of rotatable bonds is 8. The lowest BCUT2D eigenvalue weighted by Crippen LogP contribution is -2.41. The summed E-state index contributed by atoms with van der Waals surface area (Å²) in [6.45, 7) is 0.870. The van der Waals surface area contributed by atoms with Gasteiger partial charge in [-0.05, 0) is 6.42 Å². The highest BCUT2D eigenvalue weighted by Crippen LogP contribution is 2.02. The van der Waals surface area contributed by atoms with Crippen LogP contribution in [0.25, 0.3) is 0 Å². The maximum Gasteiger partial charge on any atom is 0.326 e. The molecule has 5 N–H and O–H groups in total. The van der Waals surface area contributed by atoms with Crippen molar-refractivity contribution in [2.75, 3.05) is 6.54 Å². The Balaban J connectivity index is 2.64. The van der Waals surface area contributed by atoms with Gasteiger partial charge in [0.05, 0.1) is 6.33 Å². The molecule has 0 radical (unpaired) electrons. The summed E-state index contributed by atoms with van der Waals surface area (Å²) in [5, 5.41) is 19.7. The molecule has 0 aliphatic heterocycles. The molecule has 0 aliphatic rings. The molecule has 20 heavy (non-hydrogen) atoms. The van der Waals surface area contributed by atoms with E-state index in [1.165, 1.54) is 12.5 Å². The monoisotopic (exact) mass is 284 g/mol. The number of nitrogens with one attached hydrogen (secondary N) is 1. The Morgan fingerprint density at radius 3 is 2.65 bits per heavy atom. The molecular weight excluding hydrogens is 268 g/mol. The summed E-state index contributed by atoms with van der Waals surface area (Å²) in [7, 11) is 0. The first kappa shape index (κ1) is 15.6. The van der Waals surface area contributed by atoms with Crippen molar-refractivity contribution in [3.05, 3.63) is 18.2 Å². The van der Waals surface area contributed by atoms with E-state index in [9.17, 15) is 14.4 Å². The lowest BCUT2D eigenvalue weighted by molar-refractivity contribution is -0.140. The number of nitrogens with zero attached hydrogens (tertiary/aromatic N) is 2. The number of hydrogen-bond acceptors (Lipinski definition) is 5. The molecule has 9 heteroatoms. The predicted octanol–water partition coefficient (Wildman–Crippen LogP) is -1.11. The Bertz CT molecular complexity index is 499. The van der Waals surface area contributed by atoms with Crippen LogP contribution in [0.5, 0.6) is 0 Å². The van der Waals surface area contributed by atoms with E-state index in [4.69, 9.17) is 15.9 Å². The van der Waals surface area contributed by atoms with Crippen molar-refractivity contribution in [2.45, 2.75) is 25.4 Å². The molecule has 1 aromatic heterocycles. The Hall–Kier alpha value is -2.42. The topological polar surface area (TPSA) is 148 Å². The van der Waals surface area contributed by atoms with Gasteiger partial charge in [0.2, 0.25) is 0 Å². The van der Waals surface area contributed by atoms with Gasteiger partial charge in [-0.25, -0.2) is 9.78 Å². The summed E-state index contributed by atoms with van der Waals surface area (Å²) in [6, 6.07) is -1.27. The fourth-order valence-corrected chi connectivity index (χ4v) is 1.51. The maximum absolute atomic E-state index is 11.8. The van der Waals surface area contributed by atoms with Crippen LogP contribution >= 0.6 is 0 Å². The third-order valence-corrected chi connectivity index (χ3v) is 2.50. The van der Waals surface area contributed by atoms with E-state index >= 15 is 0 Å². The molecule has 0 saturated carbocycles. The van der Waals surface area contributed by atoms with Gasteiger partial charge in [-0.1, -0.05) is 0 Å². The van der Waals surface area contributed by atoms with Gasteiger partial charge in [-0.2, -0.15) is 0 Å². The van der Waals surface area contributed by atoms with E-state index in [-0.39, 0.29) is 18.5 Å². The molecule has 1 atom stereocenters. The average Bonchev–Trinajstić information content (AvgIpc) is 2.82. The summed E-state index contributed by atoms with van der Waals surface area (Å²) in [5.74, 6) is -3.09. The molecule has 0 aromatic carbocycles. The van der Waals surface area contributed by atoms with Crippen molar-refractivity contribution in [3.8, 4) is 0 Å². The third-order valence-electron chi connectivity index (χ3n) is 2.50. The largest absolute Gasteiger partial charge is 0.481 e. The highest BCUT2D eigenvalue weighted by molar-refractivity contribution is 5.94. The van der Waals surface area contributed by atoms with Gasteiger partial charge in [-0.3, -0.25) is 9.59 Å². The van der Waals surface area contributed by atoms with Crippen molar-refractivity contribution >= 4 is 17.8 Å². The number of nitrogens with two attached hydrogens (primary N) is 1. The molecule has 0 unspecified atom stereocenters. The number of carboxylic acid groups (broad SMARTS) is 2. The highest BCUT2D eigenvalue weighted by atomic mass is 16.4. The van der Waals surface area contributed by atoms with E-state index in [0.29, 0.717) is 13.1 Å². The van der Waals surface area contributed by atoms with E-state index in [2.05, 4.69) is 10.3 Å². The quantitative estimate of drug-likeness (QED) is 0.473. The van der Waals surface area contributed by atoms with Gasteiger partial charge in [0, 0.05) is 25.7 Å². The number of carbonyl (C=O) groups excluding carboxylic acids is 1. The van der Waals surface area contributed by atoms with Crippen LogP contribution in [0, 0.1) is 0 Å².